The Labute approximate surface area is 101 Å². The lowest BCUT2D eigenvalue weighted by atomic mass is 10.1. The number of rotatable bonds is 5. The van der Waals surface area contributed by atoms with Crippen molar-refractivity contribution in [3.05, 3.63) is 6.33 Å². The van der Waals surface area contributed by atoms with Crippen molar-refractivity contribution >= 4 is 16.7 Å². The van der Waals surface area contributed by atoms with Crippen LogP contribution in [0.25, 0.3) is 0 Å². The molecule has 0 radical (unpaired) electrons. The van der Waals surface area contributed by atoms with Crippen LogP contribution in [0.3, 0.4) is 0 Å². The maximum Gasteiger partial charge on any atom is 0.202 e. The maximum atomic E-state index is 4.12. The summed E-state index contributed by atoms with van der Waals surface area (Å²) in [6, 6.07) is 0. The van der Waals surface area contributed by atoms with Gasteiger partial charge in [0.1, 0.15) is 6.33 Å². The van der Waals surface area contributed by atoms with Crippen LogP contribution in [0.2, 0.25) is 0 Å². The zero-order valence-electron chi connectivity index (χ0n) is 9.85. The van der Waals surface area contributed by atoms with Crippen LogP contribution in [0.4, 0.5) is 5.13 Å². The molecule has 4 nitrogen and oxygen atoms in total. The highest BCUT2D eigenvalue weighted by Gasteiger charge is 2.13. The Hall–Kier alpha value is -0.680. The third-order valence-corrected chi connectivity index (χ3v) is 3.60. The first-order valence-corrected chi connectivity index (χ1v) is 6.85. The summed E-state index contributed by atoms with van der Waals surface area (Å²) in [5.41, 5.74) is 0. The lowest BCUT2D eigenvalue weighted by Gasteiger charge is -2.29. The number of nitrogens with zero attached hydrogens (tertiary/aromatic N) is 3. The Morgan fingerprint density at radius 3 is 2.94 bits per heavy atom. The van der Waals surface area contributed by atoms with E-state index in [-0.39, 0.29) is 0 Å². The van der Waals surface area contributed by atoms with Crippen molar-refractivity contribution in [2.75, 3.05) is 31.5 Å². The molecule has 1 aliphatic heterocycles. The van der Waals surface area contributed by atoms with Gasteiger partial charge in [-0.05, 0) is 31.8 Å². The minimum atomic E-state index is 0.669. The number of piperidine rings is 1. The molecule has 1 aromatic heterocycles. The number of aromatic nitrogens is 2. The summed E-state index contributed by atoms with van der Waals surface area (Å²) < 4.78 is 3.97. The smallest absolute Gasteiger partial charge is 0.202 e. The zero-order chi connectivity index (χ0) is 11.2. The molecule has 1 fully saturated rings. The normalized spacial score (nSPS) is 19.6. The van der Waals surface area contributed by atoms with Crippen molar-refractivity contribution in [1.29, 1.82) is 0 Å². The minimum absolute atomic E-state index is 0.669. The first kappa shape index (κ1) is 11.8. The second-order valence-corrected chi connectivity index (χ2v) is 5.37. The molecule has 0 spiro atoms. The summed E-state index contributed by atoms with van der Waals surface area (Å²) in [7, 11) is 0. The van der Waals surface area contributed by atoms with E-state index >= 15 is 0 Å². The van der Waals surface area contributed by atoms with E-state index in [4.69, 9.17) is 0 Å². The Kier molecular flexibility index (Phi) is 4.54. The Bertz CT molecular complexity index is 282. The lowest BCUT2D eigenvalue weighted by molar-refractivity contribution is 0.204. The highest BCUT2D eigenvalue weighted by molar-refractivity contribution is 7.09. The van der Waals surface area contributed by atoms with Gasteiger partial charge in [-0.3, -0.25) is 0 Å². The summed E-state index contributed by atoms with van der Waals surface area (Å²) in [6.07, 6.45) is 5.75. The summed E-state index contributed by atoms with van der Waals surface area (Å²) in [5.74, 6) is 0.669. The molecule has 2 rings (SSSR count). The summed E-state index contributed by atoms with van der Waals surface area (Å²) >= 11 is 1.43. The van der Waals surface area contributed by atoms with Gasteiger partial charge in [0, 0.05) is 24.6 Å². The van der Waals surface area contributed by atoms with Crippen molar-refractivity contribution in [1.82, 2.24) is 14.3 Å². The van der Waals surface area contributed by atoms with E-state index in [0.29, 0.717) is 5.92 Å². The third-order valence-electron chi connectivity index (χ3n) is 2.98. The molecule has 0 aliphatic carbocycles. The molecule has 0 amide bonds. The molecular formula is C11H20N4S. The van der Waals surface area contributed by atoms with Gasteiger partial charge in [0.2, 0.25) is 5.13 Å². The van der Waals surface area contributed by atoms with Crippen LogP contribution >= 0.6 is 11.5 Å². The van der Waals surface area contributed by atoms with Gasteiger partial charge in [-0.15, -0.1) is 0 Å². The second-order valence-electron chi connectivity index (χ2n) is 4.59. The van der Waals surface area contributed by atoms with Gasteiger partial charge in [-0.2, -0.15) is 4.37 Å². The van der Waals surface area contributed by atoms with E-state index in [1.165, 1.54) is 50.4 Å². The SMILES string of the molecule is CC(CNc1ncns1)CN1CCCCC1. The van der Waals surface area contributed by atoms with Gasteiger partial charge >= 0.3 is 0 Å². The molecule has 5 heteroatoms. The fourth-order valence-electron chi connectivity index (χ4n) is 2.16. The number of anilines is 1. The third kappa shape index (κ3) is 3.72. The van der Waals surface area contributed by atoms with Crippen LogP contribution < -0.4 is 5.32 Å². The molecular weight excluding hydrogens is 220 g/mol. The van der Waals surface area contributed by atoms with Gasteiger partial charge in [0.25, 0.3) is 0 Å². The van der Waals surface area contributed by atoms with Crippen LogP contribution in [0.5, 0.6) is 0 Å². The first-order valence-electron chi connectivity index (χ1n) is 6.07. The molecule has 0 bridgehead atoms. The van der Waals surface area contributed by atoms with E-state index in [1.54, 1.807) is 6.33 Å². The van der Waals surface area contributed by atoms with E-state index in [2.05, 4.69) is 26.5 Å². The molecule has 1 aromatic rings. The van der Waals surface area contributed by atoms with Crippen molar-refractivity contribution in [3.63, 3.8) is 0 Å². The number of nitrogens with one attached hydrogen (secondary N) is 1. The number of likely N-dealkylation sites (tertiary alicyclic amines) is 1. The van der Waals surface area contributed by atoms with Crippen LogP contribution in [-0.4, -0.2) is 40.4 Å². The van der Waals surface area contributed by atoms with Crippen molar-refractivity contribution < 1.29 is 0 Å². The Morgan fingerprint density at radius 2 is 2.25 bits per heavy atom. The molecule has 1 saturated heterocycles. The molecule has 1 aliphatic rings. The number of hydrogen-bond acceptors (Lipinski definition) is 5. The van der Waals surface area contributed by atoms with E-state index in [1.807, 2.05) is 0 Å². The van der Waals surface area contributed by atoms with Gasteiger partial charge in [0.15, 0.2) is 0 Å². The molecule has 1 N–H and O–H groups in total. The molecule has 1 unspecified atom stereocenters. The van der Waals surface area contributed by atoms with Gasteiger partial charge in [-0.25, -0.2) is 4.98 Å². The summed E-state index contributed by atoms with van der Waals surface area (Å²) in [6.45, 7) is 7.05. The Balaban J connectivity index is 1.65. The van der Waals surface area contributed by atoms with Gasteiger partial charge in [0.05, 0.1) is 0 Å². The molecule has 2 heterocycles. The molecule has 0 aromatic carbocycles. The summed E-state index contributed by atoms with van der Waals surface area (Å²) in [5, 5.41) is 4.27. The molecule has 1 atom stereocenters. The molecule has 90 valence electrons. The van der Waals surface area contributed by atoms with Crippen LogP contribution in [-0.2, 0) is 0 Å². The monoisotopic (exact) mass is 240 g/mol. The molecule has 0 saturated carbocycles. The predicted molar refractivity (Wildman–Crippen MR) is 67.9 cm³/mol. The second kappa shape index (κ2) is 6.15. The van der Waals surface area contributed by atoms with Crippen LogP contribution in [0.15, 0.2) is 6.33 Å². The van der Waals surface area contributed by atoms with E-state index < -0.39 is 0 Å². The Morgan fingerprint density at radius 1 is 1.44 bits per heavy atom. The van der Waals surface area contributed by atoms with Gasteiger partial charge in [-0.1, -0.05) is 13.3 Å². The quantitative estimate of drug-likeness (QED) is 0.855. The van der Waals surface area contributed by atoms with E-state index in [9.17, 15) is 0 Å². The highest BCUT2D eigenvalue weighted by Crippen LogP contribution is 2.12. The minimum Gasteiger partial charge on any atom is -0.360 e. The standard InChI is InChI=1S/C11H20N4S/c1-10(7-12-11-13-9-14-16-11)8-15-5-3-2-4-6-15/h9-10H,2-8H2,1H3,(H,12,13,14). The fraction of sp³-hybridized carbons (Fsp3) is 0.818. The first-order chi connectivity index (χ1) is 7.84. The average Bonchev–Trinajstić information content (AvgIpc) is 2.81. The predicted octanol–water partition coefficient (Wildman–Crippen LogP) is 2.07. The fourth-order valence-corrected chi connectivity index (χ4v) is 2.60. The van der Waals surface area contributed by atoms with Crippen molar-refractivity contribution in [3.8, 4) is 0 Å². The maximum absolute atomic E-state index is 4.12. The van der Waals surface area contributed by atoms with Crippen LogP contribution in [0.1, 0.15) is 26.2 Å². The average molecular weight is 240 g/mol. The van der Waals surface area contributed by atoms with Crippen molar-refractivity contribution in [2.45, 2.75) is 26.2 Å². The zero-order valence-corrected chi connectivity index (χ0v) is 10.7. The van der Waals surface area contributed by atoms with E-state index in [0.717, 1.165) is 11.7 Å². The number of hydrogen-bond donors (Lipinski definition) is 1. The van der Waals surface area contributed by atoms with Crippen molar-refractivity contribution in [2.24, 2.45) is 5.92 Å². The van der Waals surface area contributed by atoms with Crippen LogP contribution in [0, 0.1) is 5.92 Å². The largest absolute Gasteiger partial charge is 0.360 e. The van der Waals surface area contributed by atoms with Gasteiger partial charge < -0.3 is 10.2 Å². The topological polar surface area (TPSA) is 41.1 Å². The summed E-state index contributed by atoms with van der Waals surface area (Å²) in [4.78, 5) is 6.70. The molecule has 16 heavy (non-hydrogen) atoms. The highest BCUT2D eigenvalue weighted by atomic mass is 32.1. The lowest BCUT2D eigenvalue weighted by Crippen LogP contribution is -2.35.